The summed E-state index contributed by atoms with van der Waals surface area (Å²) in [6.45, 7) is 25.7. The molecule has 3 rings (SSSR count). The fourth-order valence-corrected chi connectivity index (χ4v) is 6.54. The van der Waals surface area contributed by atoms with Crippen molar-refractivity contribution in [2.24, 2.45) is 0 Å². The van der Waals surface area contributed by atoms with Crippen LogP contribution >= 0.6 is 0 Å². The van der Waals surface area contributed by atoms with E-state index in [1.165, 1.54) is 41.5 Å². The number of ether oxygens (including phenoxy) is 12. The van der Waals surface area contributed by atoms with Gasteiger partial charge in [0.2, 0.25) is 0 Å². The standard InChI is InChI=1S/C60H63NO24/c1-13-74-49(62)34(7)28-80-55(68)40-19-41(56(69)81-29-35(8)50(63)75-14-2)23-46(22-40)61(47-24-42(57(70)82-30-36(9)51(64)76-15-3)20-43(25-47)58(71)83-31-37(10)52(65)77-16-4)48-26-44(59(72)84-32-38(11)53(66)78-17-5)21-45(27-48)60(73)85-33-39(12)54(67)79-18-6/h19-27H,7-18,28-33H2,1-6H3. The van der Waals surface area contributed by atoms with Crippen LogP contribution in [0.3, 0.4) is 0 Å². The van der Waals surface area contributed by atoms with Crippen LogP contribution in [0.2, 0.25) is 0 Å². The van der Waals surface area contributed by atoms with Gasteiger partial charge in [-0.1, -0.05) is 39.5 Å². The molecule has 0 fully saturated rings. The predicted molar refractivity (Wildman–Crippen MR) is 297 cm³/mol. The normalized spacial score (nSPS) is 10.2. The van der Waals surface area contributed by atoms with Gasteiger partial charge in [0, 0.05) is 17.1 Å². The minimum Gasteiger partial charge on any atom is -0.463 e. The van der Waals surface area contributed by atoms with E-state index >= 15 is 0 Å². The summed E-state index contributed by atoms with van der Waals surface area (Å²) >= 11 is 0. The van der Waals surface area contributed by atoms with Gasteiger partial charge in [0.25, 0.3) is 0 Å². The first-order chi connectivity index (χ1) is 40.3. The molecule has 0 saturated heterocycles. The third-order valence-electron chi connectivity index (χ3n) is 10.6. The van der Waals surface area contributed by atoms with Crippen molar-refractivity contribution >= 4 is 88.7 Å². The number of nitrogens with zero attached hydrogens (tertiary/aromatic N) is 1. The third-order valence-corrected chi connectivity index (χ3v) is 10.6. The Balaban J connectivity index is 2.63. The second kappa shape index (κ2) is 34.1. The average Bonchev–Trinajstić information content (AvgIpc) is 3.28. The highest BCUT2D eigenvalue weighted by molar-refractivity contribution is 6.04. The molecule has 0 aliphatic heterocycles. The molecule has 0 N–H and O–H groups in total. The van der Waals surface area contributed by atoms with E-state index in [2.05, 4.69) is 39.5 Å². The highest BCUT2D eigenvalue weighted by Crippen LogP contribution is 2.39. The van der Waals surface area contributed by atoms with Crippen molar-refractivity contribution in [2.45, 2.75) is 41.5 Å². The summed E-state index contributed by atoms with van der Waals surface area (Å²) < 4.78 is 62.2. The maximum atomic E-state index is 14.2. The van der Waals surface area contributed by atoms with Gasteiger partial charge in [-0.05, 0) is 96.1 Å². The molecule has 3 aromatic rings. The van der Waals surface area contributed by atoms with E-state index in [-0.39, 0.29) is 90.1 Å². The zero-order valence-electron chi connectivity index (χ0n) is 47.7. The Kier molecular flexibility index (Phi) is 27.6. The van der Waals surface area contributed by atoms with E-state index in [0.717, 1.165) is 59.5 Å². The van der Waals surface area contributed by atoms with Crippen molar-refractivity contribution in [2.75, 3.05) is 84.2 Å². The molecular formula is C60H63NO24. The van der Waals surface area contributed by atoms with Crippen LogP contribution in [0.15, 0.2) is 128 Å². The number of benzene rings is 3. The summed E-state index contributed by atoms with van der Waals surface area (Å²) in [6, 6.07) is 9.30. The molecule has 0 heterocycles. The zero-order chi connectivity index (χ0) is 63.5. The molecule has 0 atom stereocenters. The lowest BCUT2D eigenvalue weighted by Gasteiger charge is -2.28. The van der Waals surface area contributed by atoms with Crippen molar-refractivity contribution < 1.29 is 114 Å². The van der Waals surface area contributed by atoms with Crippen LogP contribution < -0.4 is 4.90 Å². The minimum absolute atomic E-state index is 0.0635. The first-order valence-corrected chi connectivity index (χ1v) is 25.7. The van der Waals surface area contributed by atoms with Crippen molar-refractivity contribution in [3.8, 4) is 0 Å². The molecule has 3 aromatic carbocycles. The van der Waals surface area contributed by atoms with Crippen molar-refractivity contribution in [1.82, 2.24) is 0 Å². The molecule has 0 saturated carbocycles. The average molecular weight is 1180 g/mol. The summed E-state index contributed by atoms with van der Waals surface area (Å²) in [5.41, 5.74) is -6.02. The Morgan fingerprint density at radius 2 is 0.400 bits per heavy atom. The van der Waals surface area contributed by atoms with Gasteiger partial charge in [0.05, 0.1) is 106 Å². The van der Waals surface area contributed by atoms with Crippen molar-refractivity contribution in [3.05, 3.63) is 161 Å². The highest BCUT2D eigenvalue weighted by Gasteiger charge is 2.28. The fourth-order valence-electron chi connectivity index (χ4n) is 6.54. The molecule has 0 unspecified atom stereocenters. The molecule has 0 amide bonds. The van der Waals surface area contributed by atoms with Crippen LogP contribution in [0.1, 0.15) is 104 Å². The second-order valence-electron chi connectivity index (χ2n) is 17.0. The number of hydrogen-bond acceptors (Lipinski definition) is 25. The largest absolute Gasteiger partial charge is 0.463 e. The van der Waals surface area contributed by atoms with E-state index in [1.54, 1.807) is 0 Å². The van der Waals surface area contributed by atoms with Gasteiger partial charge in [-0.25, -0.2) is 57.5 Å². The molecule has 0 aromatic heterocycles. The second-order valence-corrected chi connectivity index (χ2v) is 17.0. The van der Waals surface area contributed by atoms with E-state index < -0.39 is 145 Å². The quantitative estimate of drug-likeness (QED) is 0.0343. The van der Waals surface area contributed by atoms with E-state index in [9.17, 15) is 57.5 Å². The van der Waals surface area contributed by atoms with Crippen molar-refractivity contribution in [1.29, 1.82) is 0 Å². The minimum atomic E-state index is -1.24. The molecule has 0 aliphatic carbocycles. The lowest BCUT2D eigenvalue weighted by atomic mass is 10.0. The first-order valence-electron chi connectivity index (χ1n) is 25.7. The summed E-state index contributed by atoms with van der Waals surface area (Å²) in [6.07, 6.45) is 0. The Morgan fingerprint density at radius 1 is 0.259 bits per heavy atom. The van der Waals surface area contributed by atoms with E-state index in [4.69, 9.17) is 56.8 Å². The van der Waals surface area contributed by atoms with Gasteiger partial charge >= 0.3 is 71.6 Å². The molecule has 25 heteroatoms. The van der Waals surface area contributed by atoms with Gasteiger partial charge in [-0.15, -0.1) is 0 Å². The number of hydrogen-bond donors (Lipinski definition) is 0. The van der Waals surface area contributed by atoms with Gasteiger partial charge < -0.3 is 61.7 Å². The van der Waals surface area contributed by atoms with E-state index in [0.29, 0.717) is 0 Å². The molecular weight excluding hydrogens is 1120 g/mol. The number of anilines is 3. The maximum absolute atomic E-state index is 14.2. The number of carbonyl (C=O) groups excluding carboxylic acids is 12. The number of carbonyl (C=O) groups is 12. The smallest absolute Gasteiger partial charge is 0.338 e. The van der Waals surface area contributed by atoms with Crippen LogP contribution in [0, 0.1) is 0 Å². The molecule has 452 valence electrons. The maximum Gasteiger partial charge on any atom is 0.338 e. The summed E-state index contributed by atoms with van der Waals surface area (Å²) in [5.74, 6) is -13.0. The SMILES string of the molecule is C=C(COC(=O)c1cc(C(=O)OCC(=C)C(=O)OCC)cc(N(c2cc(C(=O)OCC(=C)C(=O)OCC)cc(C(=O)OCC(=C)C(=O)OCC)c2)c2cc(C(=O)OCC(=C)C(=O)OCC)cc(C(=O)OCC(=C)C(=O)OCC)c2)c1)C(=O)OCC. The molecule has 0 spiro atoms. The molecule has 0 bridgehead atoms. The zero-order valence-corrected chi connectivity index (χ0v) is 47.7. The Bertz CT molecular complexity index is 2660. The van der Waals surface area contributed by atoms with E-state index in [1.807, 2.05) is 0 Å². The third kappa shape index (κ3) is 21.1. The van der Waals surface area contributed by atoms with Gasteiger partial charge in [-0.3, -0.25) is 0 Å². The number of esters is 12. The first kappa shape index (κ1) is 68.8. The Hall–Kier alpha value is -10.5. The predicted octanol–water partition coefficient (Wildman–Crippen LogP) is 6.81. The van der Waals surface area contributed by atoms with Gasteiger partial charge in [0.1, 0.15) is 39.6 Å². The van der Waals surface area contributed by atoms with Crippen LogP contribution in [0.25, 0.3) is 0 Å². The summed E-state index contributed by atoms with van der Waals surface area (Å²) in [4.78, 5) is 161. The molecule has 85 heavy (non-hydrogen) atoms. The number of rotatable bonds is 33. The molecule has 25 nitrogen and oxygen atoms in total. The fraction of sp³-hybridized carbons (Fsp3) is 0.300. The van der Waals surface area contributed by atoms with Gasteiger partial charge in [-0.2, -0.15) is 0 Å². The van der Waals surface area contributed by atoms with Gasteiger partial charge in [0.15, 0.2) is 0 Å². The topological polar surface area (TPSA) is 319 Å². The Labute approximate surface area is 488 Å². The van der Waals surface area contributed by atoms with Crippen LogP contribution in [0.4, 0.5) is 17.1 Å². The summed E-state index contributed by atoms with van der Waals surface area (Å²) in [5, 5.41) is 0. The Morgan fingerprint density at radius 3 is 0.529 bits per heavy atom. The van der Waals surface area contributed by atoms with Crippen LogP contribution in [-0.2, 0) is 85.6 Å². The monoisotopic (exact) mass is 1180 g/mol. The van der Waals surface area contributed by atoms with Crippen LogP contribution in [0.5, 0.6) is 0 Å². The summed E-state index contributed by atoms with van der Waals surface area (Å²) in [7, 11) is 0. The lowest BCUT2D eigenvalue weighted by molar-refractivity contribution is -0.139. The molecule has 0 aliphatic rings. The highest BCUT2D eigenvalue weighted by atomic mass is 16.6. The van der Waals surface area contributed by atoms with Crippen molar-refractivity contribution in [3.63, 3.8) is 0 Å². The van der Waals surface area contributed by atoms with Crippen LogP contribution in [-0.4, -0.2) is 151 Å². The lowest BCUT2D eigenvalue weighted by Crippen LogP contribution is -2.20. The molecule has 0 radical (unpaired) electrons.